The summed E-state index contributed by atoms with van der Waals surface area (Å²) in [6.45, 7) is 9.61. The smallest absolute Gasteiger partial charge is 0.279 e. The maximum Gasteiger partial charge on any atom is 0.279 e. The molecule has 30 heavy (non-hydrogen) atoms. The van der Waals surface area contributed by atoms with Crippen molar-refractivity contribution in [3.05, 3.63) is 54.1 Å². The fraction of sp³-hybridized carbons (Fsp3) is 0.417. The second-order valence-electron chi connectivity index (χ2n) is 8.32. The first-order chi connectivity index (χ1) is 14.4. The summed E-state index contributed by atoms with van der Waals surface area (Å²) in [5.41, 5.74) is 1.94. The van der Waals surface area contributed by atoms with Crippen molar-refractivity contribution in [2.45, 2.75) is 27.2 Å². The second kappa shape index (κ2) is 10.3. The molecule has 2 aromatic carbocycles. The number of piperidine rings is 1. The van der Waals surface area contributed by atoms with Gasteiger partial charge in [0.05, 0.1) is 19.7 Å². The lowest BCUT2D eigenvalue weighted by Gasteiger charge is -2.31. The molecule has 0 saturated carbocycles. The Morgan fingerprint density at radius 3 is 2.10 bits per heavy atom. The van der Waals surface area contributed by atoms with Gasteiger partial charge in [-0.05, 0) is 61.9 Å². The predicted molar refractivity (Wildman–Crippen MR) is 119 cm³/mol. The van der Waals surface area contributed by atoms with E-state index < -0.39 is 0 Å². The fourth-order valence-electron chi connectivity index (χ4n) is 4.21. The number of benzene rings is 2. The third-order valence-corrected chi connectivity index (χ3v) is 5.34. The Kier molecular flexibility index (Phi) is 7.46. The third kappa shape index (κ3) is 6.32. The normalized spacial score (nSPS) is 21.0. The van der Waals surface area contributed by atoms with Gasteiger partial charge < -0.3 is 20.3 Å². The molecule has 3 rings (SSSR count). The van der Waals surface area contributed by atoms with Gasteiger partial charge in [-0.3, -0.25) is 9.59 Å². The van der Waals surface area contributed by atoms with Crippen LogP contribution in [-0.4, -0.2) is 38.1 Å². The number of likely N-dealkylation sites (tertiary alicyclic amines) is 1. The standard InChI is InChI=1S/C24H31N3O3/c1-4-30-22-11-9-21(10-12-22)26-24(29)19-5-7-20(8-6-19)25-23(28)16-27-14-17(2)13-18(3)15-27/h5-12,17-18H,4,13-16H2,1-3H3,(H,25,28)(H,26,29)/p+1/t17-,18-/m1/s1. The van der Waals surface area contributed by atoms with Crippen molar-refractivity contribution in [3.8, 4) is 5.75 Å². The van der Waals surface area contributed by atoms with Crippen molar-refractivity contribution in [1.82, 2.24) is 0 Å². The molecule has 0 spiro atoms. The highest BCUT2D eigenvalue weighted by Crippen LogP contribution is 2.17. The van der Waals surface area contributed by atoms with Gasteiger partial charge in [0.25, 0.3) is 11.8 Å². The minimum atomic E-state index is -0.197. The lowest BCUT2D eigenvalue weighted by Crippen LogP contribution is -3.15. The van der Waals surface area contributed by atoms with Gasteiger partial charge in [-0.1, -0.05) is 13.8 Å². The van der Waals surface area contributed by atoms with Crippen molar-refractivity contribution in [2.75, 3.05) is 36.9 Å². The minimum absolute atomic E-state index is 0.0119. The van der Waals surface area contributed by atoms with E-state index >= 15 is 0 Å². The molecule has 1 heterocycles. The number of quaternary nitrogens is 1. The van der Waals surface area contributed by atoms with Gasteiger partial charge >= 0.3 is 0 Å². The Balaban J connectivity index is 1.51. The molecule has 0 bridgehead atoms. The molecule has 2 amide bonds. The van der Waals surface area contributed by atoms with E-state index in [0.29, 0.717) is 41.9 Å². The number of ether oxygens (including phenoxy) is 1. The van der Waals surface area contributed by atoms with E-state index in [0.717, 1.165) is 18.8 Å². The van der Waals surface area contributed by atoms with Gasteiger partial charge in [-0.15, -0.1) is 0 Å². The Bertz CT molecular complexity index is 839. The van der Waals surface area contributed by atoms with Crippen molar-refractivity contribution in [1.29, 1.82) is 0 Å². The van der Waals surface area contributed by atoms with Crippen LogP contribution in [0.25, 0.3) is 0 Å². The van der Waals surface area contributed by atoms with E-state index in [9.17, 15) is 9.59 Å². The van der Waals surface area contributed by atoms with E-state index in [4.69, 9.17) is 4.74 Å². The van der Waals surface area contributed by atoms with Crippen LogP contribution in [0.3, 0.4) is 0 Å². The molecule has 0 radical (unpaired) electrons. The fourth-order valence-corrected chi connectivity index (χ4v) is 4.21. The van der Waals surface area contributed by atoms with E-state index in [1.165, 1.54) is 11.3 Å². The number of carbonyl (C=O) groups excluding carboxylic acids is 2. The highest BCUT2D eigenvalue weighted by molar-refractivity contribution is 6.04. The summed E-state index contributed by atoms with van der Waals surface area (Å²) in [5, 5.41) is 5.81. The molecular weight excluding hydrogens is 378 g/mol. The van der Waals surface area contributed by atoms with Crippen molar-refractivity contribution in [3.63, 3.8) is 0 Å². The van der Waals surface area contributed by atoms with Crippen LogP contribution >= 0.6 is 0 Å². The highest BCUT2D eigenvalue weighted by atomic mass is 16.5. The zero-order valence-corrected chi connectivity index (χ0v) is 18.0. The minimum Gasteiger partial charge on any atom is -0.494 e. The number of carbonyl (C=O) groups is 2. The average Bonchev–Trinajstić information content (AvgIpc) is 2.69. The summed E-state index contributed by atoms with van der Waals surface area (Å²) in [4.78, 5) is 26.2. The molecular formula is C24H32N3O3+. The third-order valence-electron chi connectivity index (χ3n) is 5.34. The number of rotatable bonds is 7. The van der Waals surface area contributed by atoms with E-state index in [1.54, 1.807) is 24.3 Å². The summed E-state index contributed by atoms with van der Waals surface area (Å²) in [7, 11) is 0. The van der Waals surface area contributed by atoms with Crippen LogP contribution in [0.1, 0.15) is 37.6 Å². The summed E-state index contributed by atoms with van der Waals surface area (Å²) < 4.78 is 5.40. The molecule has 1 fully saturated rings. The molecule has 6 nitrogen and oxygen atoms in total. The van der Waals surface area contributed by atoms with Crippen molar-refractivity contribution >= 4 is 23.2 Å². The summed E-state index contributed by atoms with van der Waals surface area (Å²) in [5.74, 6) is 1.90. The largest absolute Gasteiger partial charge is 0.494 e. The molecule has 6 heteroatoms. The molecule has 3 N–H and O–H groups in total. The Hall–Kier alpha value is -2.86. The molecule has 1 saturated heterocycles. The van der Waals surface area contributed by atoms with Crippen molar-refractivity contribution in [2.24, 2.45) is 11.8 Å². The molecule has 0 aliphatic carbocycles. The van der Waals surface area contributed by atoms with E-state index in [1.807, 2.05) is 31.2 Å². The lowest BCUT2D eigenvalue weighted by molar-refractivity contribution is -0.904. The molecule has 2 aromatic rings. The first kappa shape index (κ1) is 21.8. The molecule has 2 atom stereocenters. The first-order valence-electron chi connectivity index (χ1n) is 10.7. The molecule has 0 unspecified atom stereocenters. The lowest BCUT2D eigenvalue weighted by atomic mass is 9.92. The Morgan fingerprint density at radius 1 is 0.933 bits per heavy atom. The van der Waals surface area contributed by atoms with Gasteiger partial charge in [0, 0.05) is 28.8 Å². The maximum absolute atomic E-state index is 12.4. The van der Waals surface area contributed by atoms with Crippen LogP contribution < -0.4 is 20.3 Å². The summed E-state index contributed by atoms with van der Waals surface area (Å²) in [6.07, 6.45) is 1.24. The molecule has 0 aromatic heterocycles. The topological polar surface area (TPSA) is 71.9 Å². The van der Waals surface area contributed by atoms with Gasteiger partial charge in [0.15, 0.2) is 6.54 Å². The molecule has 1 aliphatic heterocycles. The summed E-state index contributed by atoms with van der Waals surface area (Å²) in [6, 6.07) is 14.2. The zero-order chi connectivity index (χ0) is 21.5. The highest BCUT2D eigenvalue weighted by Gasteiger charge is 2.26. The molecule has 160 valence electrons. The van der Waals surface area contributed by atoms with E-state index in [2.05, 4.69) is 24.5 Å². The number of hydrogen-bond acceptors (Lipinski definition) is 3. The van der Waals surface area contributed by atoms with Crippen LogP contribution in [-0.2, 0) is 4.79 Å². The van der Waals surface area contributed by atoms with E-state index in [-0.39, 0.29) is 11.8 Å². The Labute approximate surface area is 178 Å². The molecule has 1 aliphatic rings. The van der Waals surface area contributed by atoms with Gasteiger partial charge in [0.2, 0.25) is 0 Å². The van der Waals surface area contributed by atoms with Crippen LogP contribution in [0, 0.1) is 11.8 Å². The zero-order valence-electron chi connectivity index (χ0n) is 18.0. The van der Waals surface area contributed by atoms with Gasteiger partial charge in [0.1, 0.15) is 5.75 Å². The number of amides is 2. The van der Waals surface area contributed by atoms with Crippen LogP contribution in [0.2, 0.25) is 0 Å². The maximum atomic E-state index is 12.4. The van der Waals surface area contributed by atoms with Crippen LogP contribution in [0.15, 0.2) is 48.5 Å². The second-order valence-corrected chi connectivity index (χ2v) is 8.32. The Morgan fingerprint density at radius 2 is 1.50 bits per heavy atom. The van der Waals surface area contributed by atoms with Crippen LogP contribution in [0.5, 0.6) is 5.75 Å². The quantitative estimate of drug-likeness (QED) is 0.657. The van der Waals surface area contributed by atoms with Crippen molar-refractivity contribution < 1.29 is 19.2 Å². The number of nitrogens with one attached hydrogen (secondary N) is 3. The predicted octanol–water partition coefficient (Wildman–Crippen LogP) is 2.84. The average molecular weight is 411 g/mol. The SMILES string of the molecule is CCOc1ccc(NC(=O)c2ccc(NC(=O)C[NH+]3C[C@H](C)C[C@@H](C)C3)cc2)cc1. The summed E-state index contributed by atoms with van der Waals surface area (Å²) >= 11 is 0. The number of anilines is 2. The monoisotopic (exact) mass is 410 g/mol. The van der Waals surface area contributed by atoms with Gasteiger partial charge in [-0.2, -0.15) is 0 Å². The first-order valence-corrected chi connectivity index (χ1v) is 10.7. The number of hydrogen-bond donors (Lipinski definition) is 3. The van der Waals surface area contributed by atoms with Gasteiger partial charge in [-0.25, -0.2) is 0 Å². The van der Waals surface area contributed by atoms with Crippen LogP contribution in [0.4, 0.5) is 11.4 Å².